The van der Waals surface area contributed by atoms with Crippen molar-refractivity contribution in [3.63, 3.8) is 0 Å². The zero-order chi connectivity index (χ0) is 8.27. The third-order valence-electron chi connectivity index (χ3n) is 1.29. The highest BCUT2D eigenvalue weighted by Gasteiger charge is 2.03. The highest BCUT2D eigenvalue weighted by Crippen LogP contribution is 2.18. The molecule has 0 aliphatic heterocycles. The van der Waals surface area contributed by atoms with Gasteiger partial charge in [-0.05, 0) is 13.0 Å². The summed E-state index contributed by atoms with van der Waals surface area (Å²) in [6.45, 7) is 0.649. The van der Waals surface area contributed by atoms with Gasteiger partial charge in [-0.25, -0.2) is 4.98 Å². The van der Waals surface area contributed by atoms with Gasteiger partial charge in [0.05, 0.1) is 0 Å². The molecule has 62 valence electrons. The summed E-state index contributed by atoms with van der Waals surface area (Å²) in [6, 6.07) is 0. The van der Waals surface area contributed by atoms with E-state index in [0.29, 0.717) is 16.9 Å². The fourth-order valence-electron chi connectivity index (χ4n) is 0.762. The molecule has 0 bridgehead atoms. The lowest BCUT2D eigenvalue weighted by atomic mass is 10.3. The third-order valence-corrected chi connectivity index (χ3v) is 1.93. The highest BCUT2D eigenvalue weighted by molar-refractivity contribution is 6.40. The number of nitrogens with one attached hydrogen (secondary N) is 1. The van der Waals surface area contributed by atoms with Crippen LogP contribution in [0.2, 0.25) is 10.3 Å². The Morgan fingerprint density at radius 1 is 1.45 bits per heavy atom. The number of aromatic amines is 1. The first-order chi connectivity index (χ1) is 5.24. The van der Waals surface area contributed by atoms with Crippen LogP contribution in [0.5, 0.6) is 0 Å². The van der Waals surface area contributed by atoms with Crippen molar-refractivity contribution < 1.29 is 0 Å². The zero-order valence-corrected chi connectivity index (χ0v) is 7.41. The van der Waals surface area contributed by atoms with Gasteiger partial charge in [-0.3, -0.25) is 0 Å². The topological polar surface area (TPSA) is 54.7 Å². The Morgan fingerprint density at radius 3 is 2.64 bits per heavy atom. The van der Waals surface area contributed by atoms with Gasteiger partial charge in [-0.2, -0.15) is 0 Å². The molecule has 1 heterocycles. The number of hydrogen-bond acceptors (Lipinski definition) is 2. The Kier molecular flexibility index (Phi) is 3.17. The lowest BCUT2D eigenvalue weighted by Crippen LogP contribution is -2.01. The van der Waals surface area contributed by atoms with Crippen LogP contribution in [0.4, 0.5) is 0 Å². The van der Waals surface area contributed by atoms with Crippen LogP contribution in [-0.2, 0) is 6.42 Å². The van der Waals surface area contributed by atoms with E-state index in [1.165, 1.54) is 0 Å². The Hall–Kier alpha value is -0.250. The maximum Gasteiger partial charge on any atom is 0.166 e. The molecule has 5 heteroatoms. The van der Waals surface area contributed by atoms with Gasteiger partial charge in [0.25, 0.3) is 0 Å². The van der Waals surface area contributed by atoms with E-state index in [1.54, 1.807) is 0 Å². The predicted molar refractivity (Wildman–Crippen MR) is 46.0 cm³/mol. The number of rotatable bonds is 3. The molecule has 0 radical (unpaired) electrons. The minimum absolute atomic E-state index is 0.332. The molecule has 0 fully saturated rings. The Balaban J connectivity index is 2.58. The summed E-state index contributed by atoms with van der Waals surface area (Å²) >= 11 is 11.2. The van der Waals surface area contributed by atoms with Crippen molar-refractivity contribution in [1.29, 1.82) is 0 Å². The van der Waals surface area contributed by atoms with Gasteiger partial charge in [-0.1, -0.05) is 23.2 Å². The van der Waals surface area contributed by atoms with Crippen molar-refractivity contribution in [3.05, 3.63) is 16.1 Å². The summed E-state index contributed by atoms with van der Waals surface area (Å²) in [5.74, 6) is 0.797. The van der Waals surface area contributed by atoms with Crippen LogP contribution in [0.3, 0.4) is 0 Å². The summed E-state index contributed by atoms with van der Waals surface area (Å²) in [6.07, 6.45) is 1.68. The van der Waals surface area contributed by atoms with Gasteiger partial charge in [0.2, 0.25) is 0 Å². The molecule has 0 aliphatic rings. The quantitative estimate of drug-likeness (QED) is 0.767. The summed E-state index contributed by atoms with van der Waals surface area (Å²) in [4.78, 5) is 6.82. The second kappa shape index (κ2) is 3.95. The highest BCUT2D eigenvalue weighted by atomic mass is 35.5. The SMILES string of the molecule is NCCCc1nc(Cl)c(Cl)[nH]1. The van der Waals surface area contributed by atoms with Crippen LogP contribution in [0.25, 0.3) is 0 Å². The Labute approximate surface area is 74.9 Å². The fourth-order valence-corrected chi connectivity index (χ4v) is 1.06. The van der Waals surface area contributed by atoms with Gasteiger partial charge in [0, 0.05) is 6.42 Å². The number of H-pyrrole nitrogens is 1. The van der Waals surface area contributed by atoms with Crippen LogP contribution in [0, 0.1) is 0 Å². The van der Waals surface area contributed by atoms with E-state index < -0.39 is 0 Å². The van der Waals surface area contributed by atoms with E-state index in [2.05, 4.69) is 9.97 Å². The minimum atomic E-state index is 0.332. The number of aryl methyl sites for hydroxylation is 1. The average molecular weight is 194 g/mol. The second-order valence-electron chi connectivity index (χ2n) is 2.18. The smallest absolute Gasteiger partial charge is 0.166 e. The monoisotopic (exact) mass is 193 g/mol. The third kappa shape index (κ3) is 2.36. The van der Waals surface area contributed by atoms with E-state index in [0.717, 1.165) is 18.7 Å². The molecule has 0 spiro atoms. The van der Waals surface area contributed by atoms with E-state index in [4.69, 9.17) is 28.9 Å². The van der Waals surface area contributed by atoms with Gasteiger partial charge in [-0.15, -0.1) is 0 Å². The summed E-state index contributed by atoms with van der Waals surface area (Å²) in [5.41, 5.74) is 5.31. The maximum absolute atomic E-state index is 5.63. The van der Waals surface area contributed by atoms with Crippen molar-refractivity contribution in [2.75, 3.05) is 6.54 Å². The molecular formula is C6H9Cl2N3. The van der Waals surface area contributed by atoms with Crippen molar-refractivity contribution in [2.24, 2.45) is 5.73 Å². The van der Waals surface area contributed by atoms with Crippen LogP contribution < -0.4 is 5.73 Å². The van der Waals surface area contributed by atoms with Crippen molar-refractivity contribution in [1.82, 2.24) is 9.97 Å². The van der Waals surface area contributed by atoms with Gasteiger partial charge in [0.15, 0.2) is 5.15 Å². The maximum atomic E-state index is 5.63. The van der Waals surface area contributed by atoms with E-state index in [9.17, 15) is 0 Å². The summed E-state index contributed by atoms with van der Waals surface area (Å²) < 4.78 is 0. The van der Waals surface area contributed by atoms with Crippen LogP contribution in [0.1, 0.15) is 12.2 Å². The van der Waals surface area contributed by atoms with Crippen molar-refractivity contribution >= 4 is 23.2 Å². The predicted octanol–water partition coefficient (Wildman–Crippen LogP) is 1.61. The first-order valence-corrected chi connectivity index (χ1v) is 4.09. The standard InChI is InChI=1S/C6H9Cl2N3/c7-5-6(8)11-4(10-5)2-1-3-9/h1-3,9H2,(H,10,11). The van der Waals surface area contributed by atoms with E-state index in [-0.39, 0.29) is 0 Å². The molecule has 0 saturated carbocycles. The van der Waals surface area contributed by atoms with Gasteiger partial charge in [0.1, 0.15) is 11.0 Å². The molecule has 0 atom stereocenters. The number of nitrogens with zero attached hydrogens (tertiary/aromatic N) is 1. The van der Waals surface area contributed by atoms with Crippen molar-refractivity contribution in [2.45, 2.75) is 12.8 Å². The number of halogens is 2. The molecule has 0 aromatic carbocycles. The molecule has 1 aromatic rings. The van der Waals surface area contributed by atoms with E-state index in [1.807, 2.05) is 0 Å². The fraction of sp³-hybridized carbons (Fsp3) is 0.500. The normalized spacial score (nSPS) is 10.5. The molecule has 0 aliphatic carbocycles. The minimum Gasteiger partial charge on any atom is -0.332 e. The molecule has 0 saturated heterocycles. The first kappa shape index (κ1) is 8.84. The molecule has 1 rings (SSSR count). The van der Waals surface area contributed by atoms with Crippen LogP contribution in [0.15, 0.2) is 0 Å². The molecule has 11 heavy (non-hydrogen) atoms. The largest absolute Gasteiger partial charge is 0.332 e. The van der Waals surface area contributed by atoms with Gasteiger partial charge >= 0.3 is 0 Å². The second-order valence-corrected chi connectivity index (χ2v) is 2.92. The van der Waals surface area contributed by atoms with Crippen molar-refractivity contribution in [3.8, 4) is 0 Å². The lowest BCUT2D eigenvalue weighted by molar-refractivity contribution is 0.794. The number of hydrogen-bond donors (Lipinski definition) is 2. The Morgan fingerprint density at radius 2 is 2.18 bits per heavy atom. The molecule has 1 aromatic heterocycles. The number of nitrogens with two attached hydrogens (primary N) is 1. The summed E-state index contributed by atoms with van der Waals surface area (Å²) in [7, 11) is 0. The van der Waals surface area contributed by atoms with Gasteiger partial charge < -0.3 is 10.7 Å². The molecular weight excluding hydrogens is 185 g/mol. The molecule has 3 nitrogen and oxygen atoms in total. The number of imidazole rings is 1. The molecule has 3 N–H and O–H groups in total. The molecule has 0 amide bonds. The average Bonchev–Trinajstić information content (AvgIpc) is 2.28. The summed E-state index contributed by atoms with van der Waals surface area (Å²) in [5, 5.41) is 0.734. The Bertz CT molecular complexity index is 214. The van der Waals surface area contributed by atoms with E-state index >= 15 is 0 Å². The first-order valence-electron chi connectivity index (χ1n) is 3.34. The van der Waals surface area contributed by atoms with Crippen LogP contribution >= 0.6 is 23.2 Å². The molecule has 0 unspecified atom stereocenters. The number of aromatic nitrogens is 2. The lowest BCUT2D eigenvalue weighted by Gasteiger charge is -1.90. The zero-order valence-electron chi connectivity index (χ0n) is 5.90. The van der Waals surface area contributed by atoms with Crippen LogP contribution in [-0.4, -0.2) is 16.5 Å².